The molecule has 0 fully saturated rings. The minimum absolute atomic E-state index is 0.257. The molecule has 2 nitrogen and oxygen atoms in total. The Morgan fingerprint density at radius 3 is 2.71 bits per heavy atom. The number of aryl methyl sites for hydroxylation is 3. The maximum atomic E-state index is 11.0. The number of allylic oxidation sites excluding steroid dienone is 1. The van der Waals surface area contributed by atoms with Crippen LogP contribution in [0.5, 0.6) is 0 Å². The van der Waals surface area contributed by atoms with Crippen LogP contribution in [-0.4, -0.2) is 12.6 Å². The average Bonchev–Trinajstić information content (AvgIpc) is 2.29. The van der Waals surface area contributed by atoms with Crippen molar-refractivity contribution >= 4 is 5.97 Å². The standard InChI is InChI=1S/C15H20O2/c1-4-17-15(16)8-6-5-7-14-10-9-12(2)13(3)11-14/h6,8-11H,4-5,7H2,1-3H3. The lowest BCUT2D eigenvalue weighted by molar-refractivity contribution is -0.137. The molecule has 0 saturated carbocycles. The Balaban J connectivity index is 2.40. The molecule has 17 heavy (non-hydrogen) atoms. The van der Waals surface area contributed by atoms with Crippen LogP contribution < -0.4 is 0 Å². The van der Waals surface area contributed by atoms with E-state index >= 15 is 0 Å². The first-order chi connectivity index (χ1) is 8.13. The number of carbonyl (C=O) groups excluding carboxylic acids is 1. The minimum Gasteiger partial charge on any atom is -0.463 e. The summed E-state index contributed by atoms with van der Waals surface area (Å²) >= 11 is 0. The van der Waals surface area contributed by atoms with Crippen molar-refractivity contribution in [1.82, 2.24) is 0 Å². The molecule has 0 atom stereocenters. The van der Waals surface area contributed by atoms with Crippen LogP contribution in [-0.2, 0) is 16.0 Å². The van der Waals surface area contributed by atoms with Crippen LogP contribution >= 0.6 is 0 Å². The molecular formula is C15H20O2. The predicted octanol–water partition coefficient (Wildman–Crippen LogP) is 3.36. The zero-order valence-corrected chi connectivity index (χ0v) is 10.8. The van der Waals surface area contributed by atoms with Gasteiger partial charge < -0.3 is 4.74 Å². The van der Waals surface area contributed by atoms with Crippen LogP contribution in [0.15, 0.2) is 30.4 Å². The number of carbonyl (C=O) groups is 1. The predicted molar refractivity (Wildman–Crippen MR) is 70.0 cm³/mol. The zero-order chi connectivity index (χ0) is 12.7. The first kappa shape index (κ1) is 13.5. The Morgan fingerprint density at radius 2 is 2.06 bits per heavy atom. The molecule has 2 heteroatoms. The molecule has 0 aliphatic heterocycles. The monoisotopic (exact) mass is 232 g/mol. The van der Waals surface area contributed by atoms with Crippen molar-refractivity contribution in [3.63, 3.8) is 0 Å². The SMILES string of the molecule is CCOC(=O)C=CCCc1ccc(C)c(C)c1. The summed E-state index contributed by atoms with van der Waals surface area (Å²) in [5.41, 5.74) is 3.94. The van der Waals surface area contributed by atoms with Crippen LogP contribution in [0.3, 0.4) is 0 Å². The third-order valence-corrected chi connectivity index (χ3v) is 2.71. The summed E-state index contributed by atoms with van der Waals surface area (Å²) in [6, 6.07) is 6.48. The van der Waals surface area contributed by atoms with E-state index < -0.39 is 0 Å². The van der Waals surface area contributed by atoms with Crippen LogP contribution in [0.2, 0.25) is 0 Å². The Bertz CT molecular complexity index is 405. The Kier molecular flexibility index (Phi) is 5.47. The van der Waals surface area contributed by atoms with Gasteiger partial charge in [-0.3, -0.25) is 0 Å². The van der Waals surface area contributed by atoms with E-state index in [1.165, 1.54) is 22.8 Å². The highest BCUT2D eigenvalue weighted by Gasteiger charge is 1.96. The van der Waals surface area contributed by atoms with Gasteiger partial charge in [0.15, 0.2) is 0 Å². The number of rotatable bonds is 5. The number of hydrogen-bond donors (Lipinski definition) is 0. The van der Waals surface area contributed by atoms with E-state index in [-0.39, 0.29) is 5.97 Å². The minimum atomic E-state index is -0.257. The Labute approximate surface area is 103 Å². The number of ether oxygens (including phenoxy) is 1. The first-order valence-electron chi connectivity index (χ1n) is 6.03. The molecule has 0 bridgehead atoms. The van der Waals surface area contributed by atoms with Crippen molar-refractivity contribution in [3.8, 4) is 0 Å². The summed E-state index contributed by atoms with van der Waals surface area (Å²) in [7, 11) is 0. The first-order valence-corrected chi connectivity index (χ1v) is 6.03. The maximum absolute atomic E-state index is 11.0. The van der Waals surface area contributed by atoms with Crippen molar-refractivity contribution < 1.29 is 9.53 Å². The van der Waals surface area contributed by atoms with Crippen LogP contribution in [0.4, 0.5) is 0 Å². The summed E-state index contributed by atoms with van der Waals surface area (Å²) in [5.74, 6) is -0.257. The lowest BCUT2D eigenvalue weighted by Crippen LogP contribution is -1.98. The van der Waals surface area contributed by atoms with Gasteiger partial charge in [0.1, 0.15) is 0 Å². The van der Waals surface area contributed by atoms with Gasteiger partial charge in [-0.15, -0.1) is 0 Å². The second kappa shape index (κ2) is 6.89. The number of esters is 1. The highest BCUT2D eigenvalue weighted by molar-refractivity contribution is 5.81. The molecule has 0 saturated heterocycles. The van der Waals surface area contributed by atoms with E-state index in [0.29, 0.717) is 6.61 Å². The Morgan fingerprint density at radius 1 is 1.29 bits per heavy atom. The molecule has 1 rings (SSSR count). The van der Waals surface area contributed by atoms with E-state index in [0.717, 1.165) is 12.8 Å². The summed E-state index contributed by atoms with van der Waals surface area (Å²) in [4.78, 5) is 11.0. The van der Waals surface area contributed by atoms with Crippen molar-refractivity contribution in [2.45, 2.75) is 33.6 Å². The van der Waals surface area contributed by atoms with Crippen molar-refractivity contribution in [2.24, 2.45) is 0 Å². The third kappa shape index (κ3) is 4.85. The van der Waals surface area contributed by atoms with Crippen molar-refractivity contribution in [3.05, 3.63) is 47.0 Å². The Hall–Kier alpha value is -1.57. The maximum Gasteiger partial charge on any atom is 0.330 e. The summed E-state index contributed by atoms with van der Waals surface area (Å²) in [5, 5.41) is 0. The molecule has 0 N–H and O–H groups in total. The lowest BCUT2D eigenvalue weighted by atomic mass is 10.0. The van der Waals surface area contributed by atoms with Crippen molar-refractivity contribution in [1.29, 1.82) is 0 Å². The molecule has 0 unspecified atom stereocenters. The van der Waals surface area contributed by atoms with E-state index in [1.807, 2.05) is 6.08 Å². The smallest absolute Gasteiger partial charge is 0.330 e. The lowest BCUT2D eigenvalue weighted by Gasteiger charge is -2.03. The molecule has 1 aromatic carbocycles. The third-order valence-electron chi connectivity index (χ3n) is 2.71. The fourth-order valence-corrected chi connectivity index (χ4v) is 1.58. The van der Waals surface area contributed by atoms with Gasteiger partial charge in [0, 0.05) is 6.08 Å². The van der Waals surface area contributed by atoms with Crippen LogP contribution in [0.1, 0.15) is 30.0 Å². The molecule has 1 aromatic rings. The fraction of sp³-hybridized carbons (Fsp3) is 0.400. The van der Waals surface area contributed by atoms with Gasteiger partial charge in [-0.2, -0.15) is 0 Å². The molecule has 0 aromatic heterocycles. The molecule has 0 radical (unpaired) electrons. The highest BCUT2D eigenvalue weighted by atomic mass is 16.5. The summed E-state index contributed by atoms with van der Waals surface area (Å²) in [6.45, 7) is 6.47. The van der Waals surface area contributed by atoms with E-state index in [1.54, 1.807) is 6.92 Å². The second-order valence-corrected chi connectivity index (χ2v) is 4.11. The summed E-state index contributed by atoms with van der Waals surface area (Å²) < 4.78 is 4.80. The quantitative estimate of drug-likeness (QED) is 0.575. The molecular weight excluding hydrogens is 212 g/mol. The van der Waals surface area contributed by atoms with E-state index in [4.69, 9.17) is 4.74 Å². The molecule has 0 aliphatic rings. The number of benzene rings is 1. The van der Waals surface area contributed by atoms with Gasteiger partial charge in [0.05, 0.1) is 6.61 Å². The van der Waals surface area contributed by atoms with Gasteiger partial charge in [0.2, 0.25) is 0 Å². The normalized spacial score (nSPS) is 10.8. The van der Waals surface area contributed by atoms with Crippen LogP contribution in [0, 0.1) is 13.8 Å². The molecule has 0 heterocycles. The largest absolute Gasteiger partial charge is 0.463 e. The van der Waals surface area contributed by atoms with Gasteiger partial charge in [-0.05, 0) is 50.3 Å². The topological polar surface area (TPSA) is 26.3 Å². The van der Waals surface area contributed by atoms with Gasteiger partial charge in [-0.1, -0.05) is 24.3 Å². The molecule has 92 valence electrons. The molecule has 0 spiro atoms. The molecule has 0 amide bonds. The van der Waals surface area contributed by atoms with E-state index in [9.17, 15) is 4.79 Å². The van der Waals surface area contributed by atoms with Crippen molar-refractivity contribution in [2.75, 3.05) is 6.61 Å². The fourth-order valence-electron chi connectivity index (χ4n) is 1.58. The average molecular weight is 232 g/mol. The van der Waals surface area contributed by atoms with Gasteiger partial charge in [0.25, 0.3) is 0 Å². The zero-order valence-electron chi connectivity index (χ0n) is 10.8. The molecule has 0 aliphatic carbocycles. The summed E-state index contributed by atoms with van der Waals surface area (Å²) in [6.07, 6.45) is 5.19. The second-order valence-electron chi connectivity index (χ2n) is 4.11. The van der Waals surface area contributed by atoms with Crippen LogP contribution in [0.25, 0.3) is 0 Å². The van der Waals surface area contributed by atoms with E-state index in [2.05, 4.69) is 32.0 Å². The van der Waals surface area contributed by atoms with Gasteiger partial charge >= 0.3 is 5.97 Å². The van der Waals surface area contributed by atoms with Gasteiger partial charge in [-0.25, -0.2) is 4.79 Å². The number of hydrogen-bond acceptors (Lipinski definition) is 2. The highest BCUT2D eigenvalue weighted by Crippen LogP contribution is 2.11.